The van der Waals surface area contributed by atoms with Crippen molar-refractivity contribution >= 4 is 64.9 Å². The van der Waals surface area contributed by atoms with Crippen LogP contribution in [-0.2, 0) is 0 Å². The first-order chi connectivity index (χ1) is 23.8. The number of fused-ring (bicyclic) bond motifs is 4. The fourth-order valence-corrected chi connectivity index (χ4v) is 8.14. The Labute approximate surface area is 285 Å². The van der Waals surface area contributed by atoms with Gasteiger partial charge in [0.15, 0.2) is 0 Å². The molecule has 8 aromatic rings. The molecule has 0 N–H and O–H groups in total. The molecular weight excluding hydrogens is 599 g/mol. The molecule has 48 heavy (non-hydrogen) atoms. The average molecular weight is 632 g/mol. The highest BCUT2D eigenvalue weighted by atomic mass is 32.1. The van der Waals surface area contributed by atoms with Crippen LogP contribution in [0.1, 0.15) is 18.4 Å². The molecule has 0 bridgehead atoms. The predicted molar refractivity (Wildman–Crippen MR) is 209 cm³/mol. The summed E-state index contributed by atoms with van der Waals surface area (Å²) in [5.74, 6) is 0. The zero-order valence-electron chi connectivity index (χ0n) is 26.5. The zero-order valence-corrected chi connectivity index (χ0v) is 27.3. The molecule has 7 aromatic carbocycles. The van der Waals surface area contributed by atoms with Crippen molar-refractivity contribution in [2.45, 2.75) is 12.8 Å². The van der Waals surface area contributed by atoms with Crippen molar-refractivity contribution in [3.05, 3.63) is 182 Å². The third-order valence-electron chi connectivity index (χ3n) is 9.52. The number of allylic oxidation sites excluding steroid dienone is 4. The topological polar surface area (TPSA) is 3.24 Å². The monoisotopic (exact) mass is 631 g/mol. The van der Waals surface area contributed by atoms with Gasteiger partial charge < -0.3 is 4.90 Å². The molecule has 0 fully saturated rings. The molecule has 228 valence electrons. The van der Waals surface area contributed by atoms with Crippen molar-refractivity contribution in [3.63, 3.8) is 0 Å². The second-order valence-corrected chi connectivity index (χ2v) is 13.5. The molecule has 1 heterocycles. The minimum absolute atomic E-state index is 1.10. The summed E-state index contributed by atoms with van der Waals surface area (Å²) in [6.07, 6.45) is 9.08. The first-order valence-corrected chi connectivity index (χ1v) is 17.5. The van der Waals surface area contributed by atoms with Gasteiger partial charge in [0.25, 0.3) is 0 Å². The lowest BCUT2D eigenvalue weighted by atomic mass is 9.97. The van der Waals surface area contributed by atoms with Crippen LogP contribution < -0.4 is 4.90 Å². The summed E-state index contributed by atoms with van der Waals surface area (Å²) in [6, 6.07) is 57.8. The maximum absolute atomic E-state index is 2.36. The molecular formula is C46H33NS. The van der Waals surface area contributed by atoms with E-state index in [2.05, 4.69) is 181 Å². The molecule has 1 aromatic heterocycles. The van der Waals surface area contributed by atoms with Gasteiger partial charge in [-0.1, -0.05) is 121 Å². The molecule has 0 aliphatic heterocycles. The van der Waals surface area contributed by atoms with Crippen LogP contribution in [0.25, 0.3) is 58.8 Å². The number of nitrogens with zero attached hydrogens (tertiary/aromatic N) is 1. The molecule has 1 aliphatic carbocycles. The van der Waals surface area contributed by atoms with Crippen LogP contribution in [-0.4, -0.2) is 0 Å². The van der Waals surface area contributed by atoms with Gasteiger partial charge >= 0.3 is 0 Å². The van der Waals surface area contributed by atoms with Gasteiger partial charge in [-0.15, -0.1) is 11.3 Å². The van der Waals surface area contributed by atoms with Crippen LogP contribution in [0.15, 0.2) is 176 Å². The minimum Gasteiger partial charge on any atom is -0.311 e. The lowest BCUT2D eigenvalue weighted by molar-refractivity contribution is 1.04. The van der Waals surface area contributed by atoms with Crippen LogP contribution in [0.4, 0.5) is 17.1 Å². The van der Waals surface area contributed by atoms with Gasteiger partial charge in [0, 0.05) is 37.2 Å². The Kier molecular flexibility index (Phi) is 7.22. The molecule has 1 nitrogen and oxygen atoms in total. The summed E-state index contributed by atoms with van der Waals surface area (Å²) in [5, 5.41) is 5.19. The summed E-state index contributed by atoms with van der Waals surface area (Å²) in [7, 11) is 0. The highest BCUT2D eigenvalue weighted by Crippen LogP contribution is 2.40. The lowest BCUT2D eigenvalue weighted by Gasteiger charge is -2.26. The highest BCUT2D eigenvalue weighted by molar-refractivity contribution is 7.25. The quantitative estimate of drug-likeness (QED) is 0.176. The fourth-order valence-electron chi connectivity index (χ4n) is 7.05. The fraction of sp³-hybridized carbons (Fsp3) is 0.0435. The molecule has 0 saturated carbocycles. The van der Waals surface area contributed by atoms with Crippen LogP contribution in [0, 0.1) is 0 Å². The Morgan fingerprint density at radius 1 is 0.438 bits per heavy atom. The van der Waals surface area contributed by atoms with Gasteiger partial charge in [0.05, 0.1) is 0 Å². The van der Waals surface area contributed by atoms with Gasteiger partial charge in [0.2, 0.25) is 0 Å². The van der Waals surface area contributed by atoms with Crippen molar-refractivity contribution in [2.24, 2.45) is 0 Å². The highest BCUT2D eigenvalue weighted by Gasteiger charge is 2.15. The third-order valence-corrected chi connectivity index (χ3v) is 10.7. The van der Waals surface area contributed by atoms with E-state index in [0.717, 1.165) is 29.9 Å². The van der Waals surface area contributed by atoms with Gasteiger partial charge in [-0.05, 0) is 112 Å². The first kappa shape index (κ1) is 28.5. The molecule has 1 aliphatic rings. The molecule has 9 rings (SSSR count). The van der Waals surface area contributed by atoms with E-state index in [1.807, 2.05) is 11.3 Å². The number of hydrogen-bond acceptors (Lipinski definition) is 2. The summed E-state index contributed by atoms with van der Waals surface area (Å²) >= 11 is 1.86. The van der Waals surface area contributed by atoms with Crippen molar-refractivity contribution in [3.8, 4) is 22.3 Å². The van der Waals surface area contributed by atoms with Gasteiger partial charge in [-0.3, -0.25) is 0 Å². The van der Waals surface area contributed by atoms with Gasteiger partial charge in [-0.25, -0.2) is 0 Å². The molecule has 2 heteroatoms. The molecule has 0 saturated heterocycles. The standard InChI is InChI=1S/C46H33NS/c1-2-9-32(10-3-1)33-17-24-38(25-18-33)47(40-28-21-36(22-29-40)42-15-8-12-35-11-4-5-13-41(35)42)39-26-19-34(20-27-39)37-23-30-46-44(31-37)43-14-6-7-16-45(43)48-46/h2,4-31H,1,3H2. The Balaban J connectivity index is 1.10. The Morgan fingerprint density at radius 2 is 1.04 bits per heavy atom. The summed E-state index contributed by atoms with van der Waals surface area (Å²) in [6.45, 7) is 0. The van der Waals surface area contributed by atoms with E-state index in [4.69, 9.17) is 0 Å². The molecule has 0 spiro atoms. The smallest absolute Gasteiger partial charge is 0.0462 e. The van der Waals surface area contributed by atoms with E-state index in [9.17, 15) is 0 Å². The zero-order chi connectivity index (χ0) is 31.9. The van der Waals surface area contributed by atoms with Crippen molar-refractivity contribution in [1.29, 1.82) is 0 Å². The van der Waals surface area contributed by atoms with E-state index < -0.39 is 0 Å². The SMILES string of the molecule is C1=CC(c2ccc(N(c3ccc(-c4ccc5sc6ccccc6c5c4)cc3)c3ccc(-c4cccc5ccccc45)cc3)cc2)=CCC1. The minimum atomic E-state index is 1.10. The van der Waals surface area contributed by atoms with Crippen molar-refractivity contribution in [1.82, 2.24) is 0 Å². The van der Waals surface area contributed by atoms with Gasteiger partial charge in [-0.2, -0.15) is 0 Å². The molecule has 0 radical (unpaired) electrons. The summed E-state index contributed by atoms with van der Waals surface area (Å²) in [4.78, 5) is 2.36. The van der Waals surface area contributed by atoms with E-state index in [-0.39, 0.29) is 0 Å². The van der Waals surface area contributed by atoms with Crippen LogP contribution in [0.3, 0.4) is 0 Å². The van der Waals surface area contributed by atoms with Crippen LogP contribution in [0.5, 0.6) is 0 Å². The second kappa shape index (κ2) is 12.2. The van der Waals surface area contributed by atoms with Crippen molar-refractivity contribution < 1.29 is 0 Å². The van der Waals surface area contributed by atoms with E-state index in [1.54, 1.807) is 0 Å². The maximum atomic E-state index is 2.36. The van der Waals surface area contributed by atoms with E-state index in [1.165, 1.54) is 64.3 Å². The Hall–Kier alpha value is -5.70. The largest absolute Gasteiger partial charge is 0.311 e. The number of thiophene rings is 1. The number of benzene rings is 7. The number of anilines is 3. The first-order valence-electron chi connectivity index (χ1n) is 16.7. The predicted octanol–water partition coefficient (Wildman–Crippen LogP) is 13.7. The van der Waals surface area contributed by atoms with E-state index >= 15 is 0 Å². The molecule has 0 atom stereocenters. The second-order valence-electron chi connectivity index (χ2n) is 12.5. The third kappa shape index (κ3) is 5.21. The summed E-state index contributed by atoms with van der Waals surface area (Å²) in [5.41, 5.74) is 10.9. The van der Waals surface area contributed by atoms with E-state index in [0.29, 0.717) is 0 Å². The Bertz CT molecular complexity index is 2470. The number of rotatable bonds is 6. The normalized spacial score (nSPS) is 12.9. The molecule has 0 amide bonds. The number of hydrogen-bond donors (Lipinski definition) is 0. The van der Waals surface area contributed by atoms with Crippen LogP contribution in [0.2, 0.25) is 0 Å². The lowest BCUT2D eigenvalue weighted by Crippen LogP contribution is -2.10. The molecule has 0 unspecified atom stereocenters. The van der Waals surface area contributed by atoms with Gasteiger partial charge in [0.1, 0.15) is 0 Å². The maximum Gasteiger partial charge on any atom is 0.0462 e. The average Bonchev–Trinajstić information content (AvgIpc) is 3.54. The van der Waals surface area contributed by atoms with Crippen LogP contribution >= 0.6 is 11.3 Å². The Morgan fingerprint density at radius 3 is 1.77 bits per heavy atom. The summed E-state index contributed by atoms with van der Waals surface area (Å²) < 4.78 is 2.67. The van der Waals surface area contributed by atoms with Crippen molar-refractivity contribution in [2.75, 3.05) is 4.90 Å².